The second-order valence-corrected chi connectivity index (χ2v) is 6.26. The normalized spacial score (nSPS) is 18.5. The molecule has 0 spiro atoms. The van der Waals surface area contributed by atoms with Crippen LogP contribution in [0.4, 0.5) is 4.79 Å². The van der Waals surface area contributed by atoms with Gasteiger partial charge in [0.05, 0.1) is 0 Å². The first-order valence-corrected chi connectivity index (χ1v) is 7.80. The van der Waals surface area contributed by atoms with Crippen molar-refractivity contribution in [1.29, 1.82) is 0 Å². The summed E-state index contributed by atoms with van der Waals surface area (Å²) < 4.78 is 0. The lowest BCUT2D eigenvalue weighted by atomic mass is 9.96. The molecule has 6 nitrogen and oxygen atoms in total. The van der Waals surface area contributed by atoms with Crippen molar-refractivity contribution in [1.82, 2.24) is 15.5 Å². The molecule has 6 heteroatoms. The van der Waals surface area contributed by atoms with E-state index in [1.54, 1.807) is 0 Å². The maximum Gasteiger partial charge on any atom is 0.314 e. The number of carboxylic acids is 1. The third-order valence-corrected chi connectivity index (χ3v) is 4.65. The van der Waals surface area contributed by atoms with Crippen molar-refractivity contribution in [3.05, 3.63) is 0 Å². The zero-order valence-electron chi connectivity index (χ0n) is 13.4. The molecule has 2 amide bonds. The molecule has 1 rings (SSSR count). The Morgan fingerprint density at radius 3 is 2.33 bits per heavy atom. The van der Waals surface area contributed by atoms with Crippen LogP contribution in [0.3, 0.4) is 0 Å². The summed E-state index contributed by atoms with van der Waals surface area (Å²) in [6.07, 6.45) is 5.47. The van der Waals surface area contributed by atoms with Gasteiger partial charge in [-0.3, -0.25) is 4.79 Å². The highest BCUT2D eigenvalue weighted by molar-refractivity contribution is 5.74. The van der Waals surface area contributed by atoms with Crippen molar-refractivity contribution in [2.24, 2.45) is 5.92 Å². The molecule has 0 saturated heterocycles. The third-order valence-electron chi connectivity index (χ3n) is 4.65. The molecule has 122 valence electrons. The summed E-state index contributed by atoms with van der Waals surface area (Å²) in [5.74, 6) is -0.830. The lowest BCUT2D eigenvalue weighted by Gasteiger charge is -2.36. The van der Waals surface area contributed by atoms with Gasteiger partial charge < -0.3 is 20.6 Å². The van der Waals surface area contributed by atoms with Gasteiger partial charge >= 0.3 is 12.0 Å². The summed E-state index contributed by atoms with van der Waals surface area (Å²) in [4.78, 5) is 24.8. The summed E-state index contributed by atoms with van der Waals surface area (Å²) in [5.41, 5.74) is 0.0720. The van der Waals surface area contributed by atoms with Crippen molar-refractivity contribution < 1.29 is 14.7 Å². The summed E-state index contributed by atoms with van der Waals surface area (Å²) in [7, 11) is 4.12. The van der Waals surface area contributed by atoms with E-state index in [-0.39, 0.29) is 23.9 Å². The molecular weight excluding hydrogens is 270 g/mol. The standard InChI is InChI=1S/C15H29N3O3/c1-4-12(9-13(19)20)10-16-14(21)17-11-15(18(2)3)7-5-6-8-15/h12H,4-11H2,1-3H3,(H,19,20)(H2,16,17,21). The molecule has 0 heterocycles. The van der Waals surface area contributed by atoms with Gasteiger partial charge in [0.15, 0.2) is 0 Å². The number of amides is 2. The van der Waals surface area contributed by atoms with E-state index >= 15 is 0 Å². The van der Waals surface area contributed by atoms with Crippen molar-refractivity contribution in [2.45, 2.75) is 51.0 Å². The molecule has 0 aromatic rings. The van der Waals surface area contributed by atoms with Crippen LogP contribution in [-0.2, 0) is 4.79 Å². The number of likely N-dealkylation sites (N-methyl/N-ethyl adjacent to an activating group) is 1. The maximum atomic E-state index is 11.9. The van der Waals surface area contributed by atoms with Crippen LogP contribution in [0.15, 0.2) is 0 Å². The minimum absolute atomic E-state index is 0.0115. The Kier molecular flexibility index (Phi) is 6.95. The number of urea groups is 1. The maximum absolute atomic E-state index is 11.9. The second kappa shape index (κ2) is 8.22. The number of nitrogens with one attached hydrogen (secondary N) is 2. The van der Waals surface area contributed by atoms with E-state index in [0.29, 0.717) is 13.1 Å². The molecule has 1 unspecified atom stereocenters. The van der Waals surface area contributed by atoms with Crippen LogP contribution in [0.5, 0.6) is 0 Å². The second-order valence-electron chi connectivity index (χ2n) is 6.26. The zero-order valence-corrected chi connectivity index (χ0v) is 13.4. The highest BCUT2D eigenvalue weighted by atomic mass is 16.4. The van der Waals surface area contributed by atoms with E-state index in [1.165, 1.54) is 12.8 Å². The average molecular weight is 299 g/mol. The molecule has 1 atom stereocenters. The fraction of sp³-hybridized carbons (Fsp3) is 0.867. The average Bonchev–Trinajstić information content (AvgIpc) is 2.91. The Hall–Kier alpha value is -1.30. The number of aliphatic carboxylic acids is 1. The number of nitrogens with zero attached hydrogens (tertiary/aromatic N) is 1. The number of hydrogen-bond donors (Lipinski definition) is 3. The number of carbonyl (C=O) groups is 2. The smallest absolute Gasteiger partial charge is 0.314 e. The molecule has 0 aromatic heterocycles. The SMILES string of the molecule is CCC(CNC(=O)NCC1(N(C)C)CCCC1)CC(=O)O. The van der Waals surface area contributed by atoms with Crippen molar-refractivity contribution >= 4 is 12.0 Å². The van der Waals surface area contributed by atoms with Gasteiger partial charge in [-0.1, -0.05) is 26.2 Å². The van der Waals surface area contributed by atoms with Crippen LogP contribution in [-0.4, -0.2) is 54.7 Å². The molecule has 0 bridgehead atoms. The van der Waals surface area contributed by atoms with Crippen molar-refractivity contribution in [3.8, 4) is 0 Å². The molecule has 3 N–H and O–H groups in total. The minimum Gasteiger partial charge on any atom is -0.481 e. The Morgan fingerprint density at radius 2 is 1.86 bits per heavy atom. The first-order chi connectivity index (χ1) is 9.89. The Morgan fingerprint density at radius 1 is 1.24 bits per heavy atom. The Balaban J connectivity index is 2.34. The van der Waals surface area contributed by atoms with Gasteiger partial charge in [0.25, 0.3) is 0 Å². The largest absolute Gasteiger partial charge is 0.481 e. The van der Waals surface area contributed by atoms with Gasteiger partial charge in [-0.05, 0) is 32.9 Å². The highest BCUT2D eigenvalue weighted by Gasteiger charge is 2.36. The van der Waals surface area contributed by atoms with Gasteiger partial charge in [-0.2, -0.15) is 0 Å². The molecule has 0 aliphatic heterocycles. The lowest BCUT2D eigenvalue weighted by molar-refractivity contribution is -0.138. The van der Waals surface area contributed by atoms with E-state index in [1.807, 2.05) is 6.92 Å². The van der Waals surface area contributed by atoms with Gasteiger partial charge in [0.2, 0.25) is 0 Å². The van der Waals surface area contributed by atoms with Crippen molar-refractivity contribution in [3.63, 3.8) is 0 Å². The van der Waals surface area contributed by atoms with E-state index in [4.69, 9.17) is 5.11 Å². The van der Waals surface area contributed by atoms with E-state index < -0.39 is 5.97 Å². The Bertz CT molecular complexity index is 352. The monoisotopic (exact) mass is 299 g/mol. The van der Waals surface area contributed by atoms with Crippen molar-refractivity contribution in [2.75, 3.05) is 27.2 Å². The molecule has 1 aliphatic rings. The van der Waals surface area contributed by atoms with Crippen LogP contribution in [0.1, 0.15) is 45.4 Å². The molecule has 0 radical (unpaired) electrons. The third kappa shape index (κ3) is 5.53. The zero-order chi connectivity index (χ0) is 15.9. The summed E-state index contributed by atoms with van der Waals surface area (Å²) in [6, 6.07) is -0.202. The Labute approximate surface area is 127 Å². The van der Waals surface area contributed by atoms with Gasteiger partial charge in [0, 0.05) is 25.0 Å². The van der Waals surface area contributed by atoms with Crippen LogP contribution in [0, 0.1) is 5.92 Å². The van der Waals surface area contributed by atoms with Gasteiger partial charge in [-0.15, -0.1) is 0 Å². The number of carboxylic acid groups (broad SMARTS) is 1. The lowest BCUT2D eigenvalue weighted by Crippen LogP contribution is -2.52. The molecule has 1 fully saturated rings. The first-order valence-electron chi connectivity index (χ1n) is 7.80. The summed E-state index contributed by atoms with van der Waals surface area (Å²) in [6.45, 7) is 2.98. The summed E-state index contributed by atoms with van der Waals surface area (Å²) >= 11 is 0. The fourth-order valence-corrected chi connectivity index (χ4v) is 2.97. The number of carbonyl (C=O) groups excluding carboxylic acids is 1. The first kappa shape index (κ1) is 17.8. The quantitative estimate of drug-likeness (QED) is 0.636. The molecule has 1 aliphatic carbocycles. The minimum atomic E-state index is -0.818. The van der Waals surface area contributed by atoms with Crippen LogP contribution in [0.25, 0.3) is 0 Å². The highest BCUT2D eigenvalue weighted by Crippen LogP contribution is 2.32. The fourth-order valence-electron chi connectivity index (χ4n) is 2.97. The van der Waals surface area contributed by atoms with E-state index in [2.05, 4.69) is 29.6 Å². The van der Waals surface area contributed by atoms with Gasteiger partial charge in [0.1, 0.15) is 0 Å². The molecular formula is C15H29N3O3. The molecule has 21 heavy (non-hydrogen) atoms. The van der Waals surface area contributed by atoms with Crippen LogP contribution in [0.2, 0.25) is 0 Å². The van der Waals surface area contributed by atoms with Crippen LogP contribution < -0.4 is 10.6 Å². The van der Waals surface area contributed by atoms with Gasteiger partial charge in [-0.25, -0.2) is 4.79 Å². The summed E-state index contributed by atoms with van der Waals surface area (Å²) in [5, 5.41) is 14.5. The van der Waals surface area contributed by atoms with Crippen LogP contribution >= 0.6 is 0 Å². The molecule has 0 aromatic carbocycles. The van der Waals surface area contributed by atoms with E-state index in [9.17, 15) is 9.59 Å². The number of hydrogen-bond acceptors (Lipinski definition) is 3. The molecule has 1 saturated carbocycles. The predicted molar refractivity (Wildman–Crippen MR) is 82.3 cm³/mol. The predicted octanol–water partition coefficient (Wildman–Crippen LogP) is 1.66. The topological polar surface area (TPSA) is 81.7 Å². The number of rotatable bonds is 8. The van der Waals surface area contributed by atoms with E-state index in [0.717, 1.165) is 19.3 Å².